The molecule has 2 aromatic rings. The molecule has 0 bridgehead atoms. The zero-order valence-corrected chi connectivity index (χ0v) is 12.1. The molecule has 1 aliphatic carbocycles. The summed E-state index contributed by atoms with van der Waals surface area (Å²) in [6.07, 6.45) is 5.93. The van der Waals surface area contributed by atoms with E-state index in [1.165, 1.54) is 12.1 Å². The number of nitrogens with zero attached hydrogens (tertiary/aromatic N) is 1. The van der Waals surface area contributed by atoms with Gasteiger partial charge in [0.2, 0.25) is 0 Å². The lowest BCUT2D eigenvalue weighted by Crippen LogP contribution is -2.37. The van der Waals surface area contributed by atoms with Crippen LogP contribution in [0.4, 0.5) is 4.39 Å². The van der Waals surface area contributed by atoms with Gasteiger partial charge < -0.3 is 5.32 Å². The van der Waals surface area contributed by atoms with E-state index in [-0.39, 0.29) is 17.8 Å². The first kappa shape index (κ1) is 14.0. The molecule has 3 rings (SSSR count). The minimum Gasteiger partial charge on any atom is -0.349 e. The van der Waals surface area contributed by atoms with Gasteiger partial charge in [-0.2, -0.15) is 0 Å². The fraction of sp³-hybridized carbons (Fsp3) is 0.412. The first-order chi connectivity index (χ1) is 10.1. The smallest absolute Gasteiger partial charge is 0.253 e. The van der Waals surface area contributed by atoms with Gasteiger partial charge in [-0.25, -0.2) is 4.39 Å². The number of rotatable bonds is 2. The second-order valence-corrected chi connectivity index (χ2v) is 5.99. The summed E-state index contributed by atoms with van der Waals surface area (Å²) in [6.45, 7) is 2.25. The zero-order chi connectivity index (χ0) is 14.8. The summed E-state index contributed by atoms with van der Waals surface area (Å²) >= 11 is 0. The fourth-order valence-electron chi connectivity index (χ4n) is 2.90. The molecule has 1 heterocycles. The largest absolute Gasteiger partial charge is 0.349 e. The summed E-state index contributed by atoms with van der Waals surface area (Å²) in [5.74, 6) is 0.319. The Balaban J connectivity index is 1.75. The summed E-state index contributed by atoms with van der Waals surface area (Å²) < 4.78 is 13.3. The van der Waals surface area contributed by atoms with Gasteiger partial charge in [0, 0.05) is 17.6 Å². The van der Waals surface area contributed by atoms with E-state index < -0.39 is 0 Å². The van der Waals surface area contributed by atoms with Crippen LogP contribution in [-0.4, -0.2) is 16.9 Å². The highest BCUT2D eigenvalue weighted by Crippen LogP contribution is 2.23. The van der Waals surface area contributed by atoms with Crippen LogP contribution in [0.1, 0.15) is 43.0 Å². The Kier molecular flexibility index (Phi) is 3.86. The van der Waals surface area contributed by atoms with E-state index in [0.29, 0.717) is 16.5 Å². The molecule has 1 fully saturated rings. The predicted octanol–water partition coefficient (Wildman–Crippen LogP) is 3.68. The predicted molar refractivity (Wildman–Crippen MR) is 80.6 cm³/mol. The molecule has 1 aromatic heterocycles. The minimum atomic E-state index is -0.317. The van der Waals surface area contributed by atoms with Crippen LogP contribution >= 0.6 is 0 Å². The van der Waals surface area contributed by atoms with Gasteiger partial charge in [-0.1, -0.05) is 6.92 Å². The molecule has 110 valence electrons. The number of carbonyl (C=O) groups is 1. The molecule has 0 aliphatic heterocycles. The van der Waals surface area contributed by atoms with Crippen LogP contribution in [0.15, 0.2) is 30.5 Å². The molecule has 1 amide bonds. The summed E-state index contributed by atoms with van der Waals surface area (Å²) in [7, 11) is 0. The van der Waals surface area contributed by atoms with Crippen molar-refractivity contribution in [1.29, 1.82) is 0 Å². The molecular weight excluding hydrogens is 267 g/mol. The summed E-state index contributed by atoms with van der Waals surface area (Å²) in [5, 5.41) is 3.72. The average molecular weight is 286 g/mol. The Morgan fingerprint density at radius 1 is 1.24 bits per heavy atom. The van der Waals surface area contributed by atoms with Crippen molar-refractivity contribution in [2.45, 2.75) is 38.6 Å². The van der Waals surface area contributed by atoms with Crippen LogP contribution in [0.3, 0.4) is 0 Å². The van der Waals surface area contributed by atoms with Crippen LogP contribution in [0.2, 0.25) is 0 Å². The van der Waals surface area contributed by atoms with Crippen molar-refractivity contribution in [2.24, 2.45) is 5.92 Å². The lowest BCUT2D eigenvalue weighted by Gasteiger charge is -2.26. The van der Waals surface area contributed by atoms with E-state index in [1.807, 2.05) is 0 Å². The number of hydrogen-bond acceptors (Lipinski definition) is 2. The third kappa shape index (κ3) is 3.20. The Morgan fingerprint density at radius 3 is 2.76 bits per heavy atom. The van der Waals surface area contributed by atoms with Crippen molar-refractivity contribution in [3.8, 4) is 0 Å². The minimum absolute atomic E-state index is 0.117. The maximum atomic E-state index is 13.3. The van der Waals surface area contributed by atoms with Crippen molar-refractivity contribution in [1.82, 2.24) is 10.3 Å². The van der Waals surface area contributed by atoms with Crippen molar-refractivity contribution in [2.75, 3.05) is 0 Å². The molecule has 1 aromatic carbocycles. The molecule has 0 atom stereocenters. The number of benzene rings is 1. The highest BCUT2D eigenvalue weighted by molar-refractivity contribution is 5.97. The Morgan fingerprint density at radius 2 is 2.00 bits per heavy atom. The standard InChI is InChI=1S/C17H19FN2O/c1-11-2-5-15(6-3-11)20-17(21)13-8-12-9-14(18)4-7-16(12)19-10-13/h4,7-11,15H,2-3,5-6H2,1H3,(H,20,21)/t11-,15-. The lowest BCUT2D eigenvalue weighted by atomic mass is 9.87. The summed E-state index contributed by atoms with van der Waals surface area (Å²) in [6, 6.07) is 6.35. The van der Waals surface area contributed by atoms with Gasteiger partial charge in [-0.05, 0) is 55.9 Å². The molecule has 0 spiro atoms. The fourth-order valence-corrected chi connectivity index (χ4v) is 2.90. The Labute approximate surface area is 123 Å². The summed E-state index contributed by atoms with van der Waals surface area (Å²) in [5.41, 5.74) is 1.19. The number of hydrogen-bond donors (Lipinski definition) is 1. The average Bonchev–Trinajstić information content (AvgIpc) is 2.48. The van der Waals surface area contributed by atoms with Crippen LogP contribution in [0.25, 0.3) is 10.9 Å². The second-order valence-electron chi connectivity index (χ2n) is 5.99. The number of nitrogens with one attached hydrogen (secondary N) is 1. The maximum Gasteiger partial charge on any atom is 0.253 e. The molecule has 4 heteroatoms. The molecule has 21 heavy (non-hydrogen) atoms. The van der Waals surface area contributed by atoms with Gasteiger partial charge in [0.25, 0.3) is 5.91 Å². The van der Waals surface area contributed by atoms with Crippen LogP contribution < -0.4 is 5.32 Å². The number of carbonyl (C=O) groups excluding carboxylic acids is 1. The third-order valence-corrected chi connectivity index (χ3v) is 4.26. The first-order valence-electron chi connectivity index (χ1n) is 7.48. The Bertz CT molecular complexity index is 663. The normalized spacial score (nSPS) is 22.2. The maximum absolute atomic E-state index is 13.3. The van der Waals surface area contributed by atoms with Gasteiger partial charge >= 0.3 is 0 Å². The van der Waals surface area contributed by atoms with Gasteiger partial charge in [-0.3, -0.25) is 9.78 Å². The first-order valence-corrected chi connectivity index (χ1v) is 7.48. The molecule has 0 saturated heterocycles. The number of halogens is 1. The number of pyridine rings is 1. The molecule has 0 unspecified atom stereocenters. The SMILES string of the molecule is C[C@H]1CC[C@H](NC(=O)c2cnc3ccc(F)cc3c2)CC1. The number of fused-ring (bicyclic) bond motifs is 1. The highest BCUT2D eigenvalue weighted by atomic mass is 19.1. The van der Waals surface area contributed by atoms with Gasteiger partial charge in [0.15, 0.2) is 0 Å². The van der Waals surface area contributed by atoms with Crippen molar-refractivity contribution in [3.05, 3.63) is 41.8 Å². The van der Waals surface area contributed by atoms with Gasteiger partial charge in [0.05, 0.1) is 11.1 Å². The van der Waals surface area contributed by atoms with Crippen molar-refractivity contribution < 1.29 is 9.18 Å². The van der Waals surface area contributed by atoms with E-state index in [1.54, 1.807) is 18.3 Å². The topological polar surface area (TPSA) is 42.0 Å². The van der Waals surface area contributed by atoms with Crippen LogP contribution in [0, 0.1) is 11.7 Å². The van der Waals surface area contributed by atoms with E-state index in [0.717, 1.165) is 31.6 Å². The molecule has 0 radical (unpaired) electrons. The van der Waals surface area contributed by atoms with E-state index in [9.17, 15) is 9.18 Å². The Hall–Kier alpha value is -1.97. The second kappa shape index (κ2) is 5.80. The summed E-state index contributed by atoms with van der Waals surface area (Å²) in [4.78, 5) is 16.5. The van der Waals surface area contributed by atoms with Gasteiger partial charge in [-0.15, -0.1) is 0 Å². The number of amides is 1. The van der Waals surface area contributed by atoms with E-state index >= 15 is 0 Å². The zero-order valence-electron chi connectivity index (χ0n) is 12.1. The van der Waals surface area contributed by atoms with Crippen molar-refractivity contribution in [3.63, 3.8) is 0 Å². The molecular formula is C17H19FN2O. The quantitative estimate of drug-likeness (QED) is 0.915. The molecule has 1 N–H and O–H groups in total. The third-order valence-electron chi connectivity index (χ3n) is 4.26. The van der Waals surface area contributed by atoms with E-state index in [4.69, 9.17) is 0 Å². The molecule has 1 aliphatic rings. The van der Waals surface area contributed by atoms with Gasteiger partial charge in [0.1, 0.15) is 5.82 Å². The van der Waals surface area contributed by atoms with Crippen molar-refractivity contribution >= 4 is 16.8 Å². The molecule has 1 saturated carbocycles. The highest BCUT2D eigenvalue weighted by Gasteiger charge is 2.20. The number of aromatic nitrogens is 1. The molecule has 3 nitrogen and oxygen atoms in total. The van der Waals surface area contributed by atoms with Crippen LogP contribution in [0.5, 0.6) is 0 Å². The monoisotopic (exact) mass is 286 g/mol. The lowest BCUT2D eigenvalue weighted by molar-refractivity contribution is 0.0923. The van der Waals surface area contributed by atoms with Crippen LogP contribution in [-0.2, 0) is 0 Å². The van der Waals surface area contributed by atoms with E-state index in [2.05, 4.69) is 17.2 Å².